The van der Waals surface area contributed by atoms with Gasteiger partial charge in [0.15, 0.2) is 5.78 Å². The van der Waals surface area contributed by atoms with Gasteiger partial charge in [0.25, 0.3) is 6.29 Å². The molecule has 3 N–H and O–H groups in total. The molecule has 4 rings (SSSR count). The minimum absolute atomic E-state index is 0.102. The summed E-state index contributed by atoms with van der Waals surface area (Å²) in [4.78, 5) is 62.1. The van der Waals surface area contributed by atoms with Gasteiger partial charge >= 0.3 is 13.6 Å². The highest BCUT2D eigenvalue weighted by Crippen LogP contribution is 2.43. The van der Waals surface area contributed by atoms with E-state index in [-0.39, 0.29) is 45.7 Å². The van der Waals surface area contributed by atoms with Gasteiger partial charge in [-0.05, 0) is 39.0 Å². The third-order valence-corrected chi connectivity index (χ3v) is 8.77. The number of hydrogen-bond donors (Lipinski definition) is 3. The summed E-state index contributed by atoms with van der Waals surface area (Å²) < 4.78 is 53.2. The van der Waals surface area contributed by atoms with Crippen molar-refractivity contribution in [1.82, 2.24) is 14.8 Å². The molecule has 4 atom stereocenters. The van der Waals surface area contributed by atoms with Gasteiger partial charge in [-0.1, -0.05) is 29.8 Å². The number of fused-ring (bicyclic) bond motifs is 1. The van der Waals surface area contributed by atoms with Crippen LogP contribution in [0.15, 0.2) is 42.6 Å². The van der Waals surface area contributed by atoms with Crippen LogP contribution in [-0.4, -0.2) is 74.2 Å². The summed E-state index contributed by atoms with van der Waals surface area (Å²) in [7, 11) is -4.81. The molecule has 0 aliphatic carbocycles. The predicted molar refractivity (Wildman–Crippen MR) is 158 cm³/mol. The van der Waals surface area contributed by atoms with Gasteiger partial charge in [-0.25, -0.2) is 13.6 Å². The summed E-state index contributed by atoms with van der Waals surface area (Å²) in [6.45, 7) is 3.18. The summed E-state index contributed by atoms with van der Waals surface area (Å²) in [5.74, 6) is -4.12. The second-order valence-electron chi connectivity index (χ2n) is 10.7. The molecule has 2 aromatic carbocycles. The molecule has 1 fully saturated rings. The monoisotopic (exact) mass is 669 g/mol. The summed E-state index contributed by atoms with van der Waals surface area (Å²) in [5.41, 5.74) is 0.423. The summed E-state index contributed by atoms with van der Waals surface area (Å²) in [6.07, 6.45) is -3.16. The number of carboxylic acid groups (broad SMARTS) is 1. The number of nitrogens with zero attached hydrogens (tertiary/aromatic N) is 2. The number of Topliss-reactive ketones (excluding diaryl/α,β-unsaturated/α-hetero) is 1. The van der Waals surface area contributed by atoms with E-state index in [4.69, 9.17) is 20.9 Å². The minimum atomic E-state index is -4.81. The number of rotatable bonds is 12. The van der Waals surface area contributed by atoms with Crippen molar-refractivity contribution in [1.29, 1.82) is 0 Å². The van der Waals surface area contributed by atoms with E-state index in [1.807, 2.05) is 0 Å². The van der Waals surface area contributed by atoms with Crippen LogP contribution in [0.3, 0.4) is 0 Å². The quantitative estimate of drug-likeness (QED) is 0.149. The molecular weight excluding hydrogens is 639 g/mol. The lowest BCUT2D eigenvalue weighted by atomic mass is 10.1. The molecule has 2 amide bonds. The van der Waals surface area contributed by atoms with Crippen molar-refractivity contribution in [3.05, 3.63) is 64.6 Å². The number of carbonyl (C=O) groups is 4. The van der Waals surface area contributed by atoms with E-state index in [2.05, 4.69) is 5.32 Å². The van der Waals surface area contributed by atoms with Crippen LogP contribution in [0.4, 0.5) is 8.78 Å². The fourth-order valence-corrected chi connectivity index (χ4v) is 6.23. The number of nitrogens with one attached hydrogen (secondary N) is 1. The van der Waals surface area contributed by atoms with Crippen LogP contribution >= 0.6 is 19.2 Å². The molecule has 12 nitrogen and oxygen atoms in total. The molecule has 16 heteroatoms. The lowest BCUT2D eigenvalue weighted by Gasteiger charge is -2.24. The third kappa shape index (κ3) is 7.77. The Balaban J connectivity index is 1.59. The van der Waals surface area contributed by atoms with E-state index in [1.54, 1.807) is 0 Å². The van der Waals surface area contributed by atoms with Crippen LogP contribution in [0.2, 0.25) is 5.02 Å². The molecule has 2 unspecified atom stereocenters. The first-order chi connectivity index (χ1) is 21.1. The molecule has 0 spiro atoms. The molecule has 45 heavy (non-hydrogen) atoms. The van der Waals surface area contributed by atoms with Crippen molar-refractivity contribution in [3.63, 3.8) is 0 Å². The number of aromatic nitrogens is 1. The van der Waals surface area contributed by atoms with E-state index in [0.29, 0.717) is 5.39 Å². The number of amides is 2. The van der Waals surface area contributed by atoms with Gasteiger partial charge in [0.05, 0.1) is 28.5 Å². The highest BCUT2D eigenvalue weighted by molar-refractivity contribution is 7.61. The minimum Gasteiger partial charge on any atom is -0.477 e. The van der Waals surface area contributed by atoms with Crippen molar-refractivity contribution >= 4 is 59.0 Å². The summed E-state index contributed by atoms with van der Waals surface area (Å²) in [5, 5.41) is 11.7. The number of alkyl halides is 1. The topological polar surface area (TPSA) is 164 Å². The smallest absolute Gasteiger partial charge is 0.361 e. The average Bonchev–Trinajstić information content (AvgIpc) is 3.53. The number of ketones is 1. The normalized spacial score (nSPS) is 18.6. The maximum Gasteiger partial charge on any atom is 0.361 e. The molecule has 1 aliphatic rings. The Kier molecular flexibility index (Phi) is 10.5. The number of carboxylic acids is 1. The first-order valence-corrected chi connectivity index (χ1v) is 15.7. The zero-order valence-electron chi connectivity index (χ0n) is 24.4. The summed E-state index contributed by atoms with van der Waals surface area (Å²) in [6, 6.07) is 6.78. The Morgan fingerprint density at radius 3 is 2.56 bits per heavy atom. The zero-order chi connectivity index (χ0) is 33.2. The Hall–Kier alpha value is -3.68. The van der Waals surface area contributed by atoms with E-state index >= 15 is 0 Å². The summed E-state index contributed by atoms with van der Waals surface area (Å²) >= 11 is 5.79. The van der Waals surface area contributed by atoms with Gasteiger partial charge in [0, 0.05) is 35.7 Å². The number of benzene rings is 2. The van der Waals surface area contributed by atoms with Gasteiger partial charge in [0.1, 0.15) is 24.6 Å². The second kappa shape index (κ2) is 13.8. The number of ether oxygens (including phenoxy) is 1. The number of aliphatic carboxylic acids is 1. The SMILES string of the molecule is CC(=O)c1cn(CC(=O)N2C[C@H](F)C[C@H]2C(=O)NCc2cccc(Cl)c2F)c2cc(P(=O)(O)OC(OC(C)C)C(=O)O)ccc12. The number of halogens is 3. The maximum atomic E-state index is 14.5. The molecule has 242 valence electrons. The first kappa shape index (κ1) is 34.2. The van der Waals surface area contributed by atoms with Crippen molar-refractivity contribution in [2.45, 2.75) is 64.9 Å². The molecule has 0 bridgehead atoms. The van der Waals surface area contributed by atoms with E-state index in [1.165, 1.54) is 67.9 Å². The lowest BCUT2D eigenvalue weighted by Crippen LogP contribution is -2.46. The number of carbonyl (C=O) groups excluding carboxylic acids is 3. The molecule has 1 aromatic heterocycles. The van der Waals surface area contributed by atoms with E-state index in [9.17, 15) is 42.5 Å². The van der Waals surface area contributed by atoms with Crippen molar-refractivity contribution < 1.29 is 51.8 Å². The van der Waals surface area contributed by atoms with Gasteiger partial charge in [-0.15, -0.1) is 0 Å². The fourth-order valence-electron chi connectivity index (χ4n) is 4.96. The van der Waals surface area contributed by atoms with Crippen molar-refractivity contribution in [2.24, 2.45) is 0 Å². The van der Waals surface area contributed by atoms with Crippen molar-refractivity contribution in [3.8, 4) is 0 Å². The molecule has 0 radical (unpaired) electrons. The third-order valence-electron chi connectivity index (χ3n) is 7.07. The average molecular weight is 670 g/mol. The van der Waals surface area contributed by atoms with Crippen LogP contribution < -0.4 is 10.6 Å². The highest BCUT2D eigenvalue weighted by atomic mass is 35.5. The second-order valence-corrected chi connectivity index (χ2v) is 12.9. The van der Waals surface area contributed by atoms with E-state index in [0.717, 1.165) is 4.90 Å². The maximum absolute atomic E-state index is 14.5. The molecule has 1 aliphatic heterocycles. The Bertz CT molecular complexity index is 1700. The largest absolute Gasteiger partial charge is 0.477 e. The van der Waals surface area contributed by atoms with Gasteiger partial charge in [0.2, 0.25) is 11.8 Å². The predicted octanol–water partition coefficient (Wildman–Crippen LogP) is 3.55. The molecular formula is C29H31ClF2N3O9P. The lowest BCUT2D eigenvalue weighted by molar-refractivity contribution is -0.178. The molecule has 3 aromatic rings. The van der Waals surface area contributed by atoms with Crippen molar-refractivity contribution in [2.75, 3.05) is 6.54 Å². The Morgan fingerprint density at radius 1 is 1.20 bits per heavy atom. The fraction of sp³-hybridized carbons (Fsp3) is 0.379. The Labute approximate surface area is 261 Å². The molecule has 2 heterocycles. The molecule has 1 saturated heterocycles. The van der Waals surface area contributed by atoms with Gasteiger partial charge < -0.3 is 29.5 Å². The zero-order valence-corrected chi connectivity index (χ0v) is 26.1. The van der Waals surface area contributed by atoms with Crippen LogP contribution in [-0.2, 0) is 41.3 Å². The molecule has 0 saturated carbocycles. The first-order valence-electron chi connectivity index (χ1n) is 13.8. The highest BCUT2D eigenvalue weighted by Gasteiger charge is 2.40. The van der Waals surface area contributed by atoms with Gasteiger partial charge in [-0.2, -0.15) is 0 Å². The van der Waals surface area contributed by atoms with E-state index < -0.39 is 68.9 Å². The Morgan fingerprint density at radius 2 is 1.91 bits per heavy atom. The van der Waals surface area contributed by atoms with Crippen LogP contribution in [0.1, 0.15) is 43.1 Å². The standard InChI is InChI=1S/C29H31ClF2N3O9P/c1-15(2)43-29(28(39)40)44-45(41,42)19-7-8-20-21(16(3)36)13-34(23(20)10-19)14-25(37)35-12-18(31)9-24(35)27(38)33-11-17-5-4-6-22(30)26(17)32/h4-8,10,13,15,18,24,29H,9,11-12,14H2,1-3H3,(H,33,38)(H,39,40)(H,41,42)/t18-,24+,29?/m1/s1. The van der Waals surface area contributed by atoms with Crippen LogP contribution in [0.25, 0.3) is 10.9 Å². The van der Waals surface area contributed by atoms with Crippen LogP contribution in [0.5, 0.6) is 0 Å². The van der Waals surface area contributed by atoms with Crippen LogP contribution in [0, 0.1) is 5.82 Å². The number of hydrogen-bond acceptors (Lipinski definition) is 7. The number of likely N-dealkylation sites (tertiary alicyclic amines) is 1. The van der Waals surface area contributed by atoms with Gasteiger partial charge in [-0.3, -0.25) is 23.5 Å².